The highest BCUT2D eigenvalue weighted by molar-refractivity contribution is 5.81. The van der Waals surface area contributed by atoms with Crippen LogP contribution in [0.1, 0.15) is 37.2 Å². The molecule has 0 spiro atoms. The van der Waals surface area contributed by atoms with E-state index in [-0.39, 0.29) is 5.75 Å². The number of alkyl halides is 3. The van der Waals surface area contributed by atoms with E-state index in [0.29, 0.717) is 36.4 Å². The smallest absolute Gasteiger partial charge is 0.406 e. The number of benzene rings is 1. The molecule has 2 saturated carbocycles. The van der Waals surface area contributed by atoms with Crippen molar-refractivity contribution in [1.82, 2.24) is 0 Å². The van der Waals surface area contributed by atoms with Crippen molar-refractivity contribution < 1.29 is 22.7 Å². The number of carbonyl (C=O) groups is 1. The molecule has 1 aromatic rings. The van der Waals surface area contributed by atoms with Gasteiger partial charge in [0.25, 0.3) is 0 Å². The lowest BCUT2D eigenvalue weighted by Crippen LogP contribution is -2.17. The van der Waals surface area contributed by atoms with Crippen LogP contribution in [0, 0.1) is 11.8 Å². The number of halogens is 3. The lowest BCUT2D eigenvalue weighted by atomic mass is 9.94. The molecule has 0 heterocycles. The van der Waals surface area contributed by atoms with E-state index in [0.717, 1.165) is 18.4 Å². The van der Waals surface area contributed by atoms with E-state index in [9.17, 15) is 18.0 Å². The van der Waals surface area contributed by atoms with E-state index in [1.54, 1.807) is 12.1 Å². The highest BCUT2D eigenvalue weighted by Crippen LogP contribution is 2.49. The number of Topliss-reactive ketones (excluding diaryl/α,β-unsaturated/α-hetero) is 1. The second-order valence-electron chi connectivity index (χ2n) is 5.75. The van der Waals surface area contributed by atoms with Gasteiger partial charge in [-0.3, -0.25) is 4.79 Å². The minimum atomic E-state index is -4.65. The fourth-order valence-corrected chi connectivity index (χ4v) is 3.59. The number of fused-ring (bicyclic) bond motifs is 1. The maximum absolute atomic E-state index is 12.1. The van der Waals surface area contributed by atoms with Crippen LogP contribution in [0.2, 0.25) is 0 Å². The number of rotatable bonds is 2. The van der Waals surface area contributed by atoms with Gasteiger partial charge in [0.15, 0.2) is 0 Å². The Morgan fingerprint density at radius 2 is 1.55 bits per heavy atom. The minimum absolute atomic E-state index is 0.186. The number of ether oxygens (including phenoxy) is 1. The lowest BCUT2D eigenvalue weighted by Gasteiger charge is -2.13. The summed E-state index contributed by atoms with van der Waals surface area (Å²) in [7, 11) is 0. The zero-order valence-electron chi connectivity index (χ0n) is 10.8. The van der Waals surface area contributed by atoms with Gasteiger partial charge >= 0.3 is 6.36 Å². The first-order valence-corrected chi connectivity index (χ1v) is 6.78. The van der Waals surface area contributed by atoms with Crippen LogP contribution >= 0.6 is 0 Å². The van der Waals surface area contributed by atoms with Gasteiger partial charge in [0.05, 0.1) is 0 Å². The molecule has 2 fully saturated rings. The van der Waals surface area contributed by atoms with E-state index >= 15 is 0 Å². The van der Waals surface area contributed by atoms with Gasteiger partial charge in [-0.1, -0.05) is 12.1 Å². The molecule has 108 valence electrons. The zero-order valence-corrected chi connectivity index (χ0v) is 10.8. The topological polar surface area (TPSA) is 26.3 Å². The SMILES string of the molecule is O=C1CC2CC(c3ccc(OC(F)(F)F)cc3)CC2C1. The monoisotopic (exact) mass is 284 g/mol. The van der Waals surface area contributed by atoms with Gasteiger partial charge in [0.1, 0.15) is 11.5 Å². The molecule has 1 aromatic carbocycles. The third-order valence-electron chi connectivity index (χ3n) is 4.41. The molecule has 20 heavy (non-hydrogen) atoms. The van der Waals surface area contributed by atoms with E-state index in [1.165, 1.54) is 12.1 Å². The van der Waals surface area contributed by atoms with Gasteiger partial charge < -0.3 is 4.74 Å². The Labute approximate surface area is 114 Å². The Kier molecular flexibility index (Phi) is 3.22. The Bertz CT molecular complexity index is 491. The lowest BCUT2D eigenvalue weighted by molar-refractivity contribution is -0.274. The molecular formula is C15H15F3O2. The summed E-state index contributed by atoms with van der Waals surface area (Å²) < 4.78 is 40.1. The molecule has 2 nitrogen and oxygen atoms in total. The van der Waals surface area contributed by atoms with Crippen LogP contribution in [0.5, 0.6) is 5.75 Å². The molecule has 2 aliphatic rings. The Morgan fingerprint density at radius 3 is 2.05 bits per heavy atom. The van der Waals surface area contributed by atoms with Crippen molar-refractivity contribution in [2.75, 3.05) is 0 Å². The van der Waals surface area contributed by atoms with Crippen molar-refractivity contribution in [3.63, 3.8) is 0 Å². The van der Waals surface area contributed by atoms with Crippen molar-refractivity contribution in [2.45, 2.75) is 38.0 Å². The van der Waals surface area contributed by atoms with Crippen LogP contribution in [0.15, 0.2) is 24.3 Å². The van der Waals surface area contributed by atoms with Gasteiger partial charge in [-0.25, -0.2) is 0 Å². The maximum atomic E-state index is 12.1. The van der Waals surface area contributed by atoms with E-state index in [4.69, 9.17) is 0 Å². The average molecular weight is 284 g/mol. The van der Waals surface area contributed by atoms with Crippen LogP contribution < -0.4 is 4.74 Å². The summed E-state index contributed by atoms with van der Waals surface area (Å²) in [5, 5.41) is 0. The fourth-order valence-electron chi connectivity index (χ4n) is 3.59. The van der Waals surface area contributed by atoms with Crippen molar-refractivity contribution in [1.29, 1.82) is 0 Å². The molecule has 2 unspecified atom stereocenters. The van der Waals surface area contributed by atoms with Crippen LogP contribution in [-0.4, -0.2) is 12.1 Å². The first-order chi connectivity index (χ1) is 9.40. The summed E-state index contributed by atoms with van der Waals surface area (Å²) in [5.41, 5.74) is 1.04. The largest absolute Gasteiger partial charge is 0.573 e. The molecular weight excluding hydrogens is 269 g/mol. The van der Waals surface area contributed by atoms with Crippen molar-refractivity contribution in [3.8, 4) is 5.75 Å². The molecule has 0 aliphatic heterocycles. The summed E-state index contributed by atoms with van der Waals surface area (Å²) in [4.78, 5) is 11.4. The van der Waals surface area contributed by atoms with Crippen LogP contribution in [-0.2, 0) is 4.79 Å². The molecule has 0 N–H and O–H groups in total. The quantitative estimate of drug-likeness (QED) is 0.818. The normalized spacial score (nSPS) is 29.6. The van der Waals surface area contributed by atoms with Gasteiger partial charge in [-0.2, -0.15) is 0 Å². The zero-order chi connectivity index (χ0) is 14.3. The molecule has 2 atom stereocenters. The summed E-state index contributed by atoms with van der Waals surface area (Å²) in [6.45, 7) is 0. The van der Waals surface area contributed by atoms with Crippen LogP contribution in [0.3, 0.4) is 0 Å². The highest BCUT2D eigenvalue weighted by atomic mass is 19.4. The third kappa shape index (κ3) is 2.81. The fraction of sp³-hybridized carbons (Fsp3) is 0.533. The van der Waals surface area contributed by atoms with E-state index < -0.39 is 6.36 Å². The summed E-state index contributed by atoms with van der Waals surface area (Å²) in [5.74, 6) is 1.47. The van der Waals surface area contributed by atoms with E-state index in [1.807, 2.05) is 0 Å². The molecule has 0 aromatic heterocycles. The molecule has 0 amide bonds. The van der Waals surface area contributed by atoms with E-state index in [2.05, 4.69) is 4.74 Å². The summed E-state index contributed by atoms with van der Waals surface area (Å²) in [6, 6.07) is 6.13. The predicted molar refractivity (Wildman–Crippen MR) is 66.3 cm³/mol. The molecule has 0 saturated heterocycles. The summed E-state index contributed by atoms with van der Waals surface area (Å²) in [6.07, 6.45) is -1.36. The van der Waals surface area contributed by atoms with Gasteiger partial charge in [0.2, 0.25) is 0 Å². The maximum Gasteiger partial charge on any atom is 0.573 e. The Morgan fingerprint density at radius 1 is 1.00 bits per heavy atom. The third-order valence-corrected chi connectivity index (χ3v) is 4.41. The molecule has 0 bridgehead atoms. The van der Waals surface area contributed by atoms with Crippen molar-refractivity contribution in [3.05, 3.63) is 29.8 Å². The van der Waals surface area contributed by atoms with Crippen molar-refractivity contribution in [2.24, 2.45) is 11.8 Å². The second kappa shape index (κ2) is 4.79. The molecule has 3 rings (SSSR count). The molecule has 5 heteroatoms. The molecule has 0 radical (unpaired) electrons. The standard InChI is InChI=1S/C15H15F3O2/c16-15(17,18)20-14-3-1-9(2-4-14)10-5-11-7-13(19)8-12(11)6-10/h1-4,10-12H,5-8H2. The number of ketones is 1. The average Bonchev–Trinajstić information content (AvgIpc) is 2.84. The van der Waals surface area contributed by atoms with Crippen LogP contribution in [0.25, 0.3) is 0 Å². The molecule has 2 aliphatic carbocycles. The first kappa shape index (κ1) is 13.5. The van der Waals surface area contributed by atoms with Crippen molar-refractivity contribution >= 4 is 5.78 Å². The predicted octanol–water partition coefficient (Wildman–Crippen LogP) is 4.06. The van der Waals surface area contributed by atoms with Gasteiger partial charge in [-0.15, -0.1) is 13.2 Å². The number of hydrogen-bond donors (Lipinski definition) is 0. The van der Waals surface area contributed by atoms with Gasteiger partial charge in [-0.05, 0) is 48.3 Å². The Balaban J connectivity index is 1.66. The van der Waals surface area contributed by atoms with Crippen LogP contribution in [0.4, 0.5) is 13.2 Å². The Hall–Kier alpha value is -1.52. The highest BCUT2D eigenvalue weighted by Gasteiger charge is 2.41. The second-order valence-corrected chi connectivity index (χ2v) is 5.75. The summed E-state index contributed by atoms with van der Waals surface area (Å²) >= 11 is 0. The number of carbonyl (C=O) groups excluding carboxylic acids is 1. The first-order valence-electron chi connectivity index (χ1n) is 6.78. The number of hydrogen-bond acceptors (Lipinski definition) is 2. The minimum Gasteiger partial charge on any atom is -0.406 e. The van der Waals surface area contributed by atoms with Gasteiger partial charge in [0, 0.05) is 12.8 Å².